The highest BCUT2D eigenvalue weighted by Crippen LogP contribution is 2.35. The Bertz CT molecular complexity index is 1560. The molecular formula is C27H19ClF2N4O3S2. The predicted molar refractivity (Wildman–Crippen MR) is 149 cm³/mol. The number of carbonyl (C=O) groups is 2. The van der Waals surface area contributed by atoms with E-state index in [4.69, 9.17) is 11.6 Å². The van der Waals surface area contributed by atoms with Crippen LogP contribution < -0.4 is 5.32 Å². The van der Waals surface area contributed by atoms with E-state index in [1.165, 1.54) is 28.4 Å². The van der Waals surface area contributed by atoms with Crippen LogP contribution >= 0.6 is 34.7 Å². The first-order valence-electron chi connectivity index (χ1n) is 11.6. The fourth-order valence-corrected chi connectivity index (χ4v) is 5.92. The summed E-state index contributed by atoms with van der Waals surface area (Å²) >= 11 is 8.51. The molecule has 2 N–H and O–H groups in total. The van der Waals surface area contributed by atoms with Gasteiger partial charge < -0.3 is 10.4 Å². The van der Waals surface area contributed by atoms with Crippen LogP contribution in [0.15, 0.2) is 77.9 Å². The zero-order valence-electron chi connectivity index (χ0n) is 20.0. The monoisotopic (exact) mass is 584 g/mol. The molecule has 7 nitrogen and oxygen atoms in total. The van der Waals surface area contributed by atoms with E-state index < -0.39 is 22.8 Å². The normalized spacial score (nSPS) is 16.2. The highest BCUT2D eigenvalue weighted by atomic mass is 35.5. The summed E-state index contributed by atoms with van der Waals surface area (Å²) in [4.78, 5) is 37.4. The molecule has 4 aromatic rings. The number of nitrogens with zero attached hydrogens (tertiary/aromatic N) is 3. The van der Waals surface area contributed by atoms with Crippen molar-refractivity contribution < 1.29 is 23.5 Å². The number of hydrogen-bond donors (Lipinski definition) is 2. The maximum Gasteiger partial charge on any atom is 0.243 e. The Labute approximate surface area is 235 Å². The molecule has 198 valence electrons. The molecule has 0 radical (unpaired) electrons. The number of benzene rings is 3. The van der Waals surface area contributed by atoms with Gasteiger partial charge in [-0.2, -0.15) is 0 Å². The van der Waals surface area contributed by atoms with Crippen molar-refractivity contribution in [2.75, 3.05) is 5.32 Å². The second kappa shape index (κ2) is 11.5. The molecule has 1 unspecified atom stereocenters. The van der Waals surface area contributed by atoms with Crippen molar-refractivity contribution in [1.82, 2.24) is 9.88 Å². The van der Waals surface area contributed by atoms with Crippen molar-refractivity contribution >= 4 is 63.1 Å². The summed E-state index contributed by atoms with van der Waals surface area (Å²) in [6.45, 7) is 0.179. The third-order valence-corrected chi connectivity index (χ3v) is 8.09. The molecule has 2 amide bonds. The number of hydrogen-bond acceptors (Lipinski definition) is 7. The minimum absolute atomic E-state index is 0.0768. The zero-order chi connectivity index (χ0) is 27.5. The summed E-state index contributed by atoms with van der Waals surface area (Å²) in [5.74, 6) is -2.53. The summed E-state index contributed by atoms with van der Waals surface area (Å²) in [7, 11) is 0. The number of amides is 2. The lowest BCUT2D eigenvalue weighted by molar-refractivity contribution is -0.128. The van der Waals surface area contributed by atoms with Crippen LogP contribution in [0.2, 0.25) is 5.02 Å². The molecule has 3 aromatic carbocycles. The van der Waals surface area contributed by atoms with Gasteiger partial charge in [-0.05, 0) is 48.5 Å². The number of amidine groups is 1. The second-order valence-electron chi connectivity index (χ2n) is 8.46. The van der Waals surface area contributed by atoms with Crippen LogP contribution in [0.25, 0.3) is 10.6 Å². The third kappa shape index (κ3) is 6.44. The lowest BCUT2D eigenvalue weighted by Gasteiger charge is -2.15. The van der Waals surface area contributed by atoms with E-state index in [1.807, 2.05) is 12.1 Å². The van der Waals surface area contributed by atoms with Gasteiger partial charge in [0.25, 0.3) is 0 Å². The summed E-state index contributed by atoms with van der Waals surface area (Å²) in [6.07, 6.45) is 1.44. The van der Waals surface area contributed by atoms with Crippen LogP contribution in [-0.4, -0.2) is 37.2 Å². The second-order valence-corrected chi connectivity index (χ2v) is 11.2. The van der Waals surface area contributed by atoms with Gasteiger partial charge in [0, 0.05) is 34.1 Å². The minimum atomic E-state index is -0.911. The van der Waals surface area contributed by atoms with Crippen LogP contribution in [0.5, 0.6) is 5.75 Å². The van der Waals surface area contributed by atoms with Gasteiger partial charge in [-0.1, -0.05) is 35.5 Å². The van der Waals surface area contributed by atoms with E-state index in [-0.39, 0.29) is 30.3 Å². The first-order valence-corrected chi connectivity index (χ1v) is 13.6. The van der Waals surface area contributed by atoms with Crippen LogP contribution in [0, 0.1) is 11.6 Å². The smallest absolute Gasteiger partial charge is 0.243 e. The Morgan fingerprint density at radius 3 is 2.56 bits per heavy atom. The summed E-state index contributed by atoms with van der Waals surface area (Å²) in [6, 6.07) is 16.3. The number of rotatable bonds is 7. The molecule has 12 heteroatoms. The molecule has 1 aliphatic heterocycles. The number of carbonyl (C=O) groups excluding carboxylic acids is 2. The summed E-state index contributed by atoms with van der Waals surface area (Å²) < 4.78 is 27.2. The standard InChI is InChI=1S/C27H19ClF2N4O3S2/c28-16-3-1-15(2-4-16)25-31-13-20(38-25)14-34-26(37)23(39-27(34)32-18-6-8-19(35)9-7-18)12-24(36)33-22-10-5-17(29)11-21(22)30/h1-11,13,23,35H,12,14H2,(H,33,36). The zero-order valence-corrected chi connectivity index (χ0v) is 22.4. The topological polar surface area (TPSA) is 94.9 Å². The van der Waals surface area contributed by atoms with Crippen molar-refractivity contribution in [2.24, 2.45) is 4.99 Å². The summed E-state index contributed by atoms with van der Waals surface area (Å²) in [5, 5.41) is 12.9. The Morgan fingerprint density at radius 1 is 1.10 bits per heavy atom. The van der Waals surface area contributed by atoms with Crippen LogP contribution in [0.3, 0.4) is 0 Å². The maximum absolute atomic E-state index is 14.0. The maximum atomic E-state index is 14.0. The molecule has 1 atom stereocenters. The molecule has 2 heterocycles. The van der Waals surface area contributed by atoms with Gasteiger partial charge in [0.15, 0.2) is 5.17 Å². The number of phenolic OH excluding ortho intramolecular Hbond substituents is 1. The molecule has 0 bridgehead atoms. The first kappa shape index (κ1) is 26.8. The van der Waals surface area contributed by atoms with Gasteiger partial charge in [-0.3, -0.25) is 14.5 Å². The Morgan fingerprint density at radius 2 is 1.85 bits per heavy atom. The van der Waals surface area contributed by atoms with Gasteiger partial charge in [0.05, 0.1) is 17.9 Å². The summed E-state index contributed by atoms with van der Waals surface area (Å²) in [5.41, 5.74) is 1.22. The van der Waals surface area contributed by atoms with Crippen molar-refractivity contribution in [3.63, 3.8) is 0 Å². The van der Waals surface area contributed by atoms with E-state index in [1.54, 1.807) is 30.5 Å². The van der Waals surface area contributed by atoms with Crippen LogP contribution in [-0.2, 0) is 16.1 Å². The van der Waals surface area contributed by atoms with E-state index in [0.29, 0.717) is 21.9 Å². The van der Waals surface area contributed by atoms with E-state index in [0.717, 1.165) is 39.3 Å². The van der Waals surface area contributed by atoms with Gasteiger partial charge >= 0.3 is 0 Å². The van der Waals surface area contributed by atoms with E-state index >= 15 is 0 Å². The van der Waals surface area contributed by atoms with Crippen LogP contribution in [0.4, 0.5) is 20.2 Å². The SMILES string of the molecule is O=C(CC1SC(=Nc2ccc(O)cc2)N(Cc2cnc(-c3ccc(Cl)cc3)s2)C1=O)Nc1ccc(F)cc1F. The fraction of sp³-hybridized carbons (Fsp3) is 0.111. The largest absolute Gasteiger partial charge is 0.508 e. The van der Waals surface area contributed by atoms with Gasteiger partial charge in [0.1, 0.15) is 27.6 Å². The fourth-order valence-electron chi connectivity index (χ4n) is 3.73. The lowest BCUT2D eigenvalue weighted by Crippen LogP contribution is -2.32. The molecule has 1 aromatic heterocycles. The van der Waals surface area contributed by atoms with Crippen LogP contribution in [0.1, 0.15) is 11.3 Å². The average Bonchev–Trinajstić information content (AvgIpc) is 3.48. The Hall–Kier alpha value is -3.80. The number of nitrogens with one attached hydrogen (secondary N) is 1. The van der Waals surface area contributed by atoms with Crippen molar-refractivity contribution in [2.45, 2.75) is 18.2 Å². The number of aromatic hydroxyl groups is 1. The van der Waals surface area contributed by atoms with Crippen molar-refractivity contribution in [3.8, 4) is 16.3 Å². The average molecular weight is 585 g/mol. The first-order chi connectivity index (χ1) is 18.7. The molecule has 1 aliphatic rings. The molecule has 1 fully saturated rings. The molecular weight excluding hydrogens is 566 g/mol. The number of anilines is 1. The Balaban J connectivity index is 1.36. The molecule has 5 rings (SSSR count). The molecule has 0 aliphatic carbocycles. The van der Waals surface area contributed by atoms with Gasteiger partial charge in [0.2, 0.25) is 11.8 Å². The number of aliphatic imine (C=N–C) groups is 1. The molecule has 1 saturated heterocycles. The number of thiazole rings is 1. The van der Waals surface area contributed by atoms with Crippen molar-refractivity contribution in [3.05, 3.63) is 94.5 Å². The quantitative estimate of drug-likeness (QED) is 0.255. The predicted octanol–water partition coefficient (Wildman–Crippen LogP) is 6.61. The highest BCUT2D eigenvalue weighted by Gasteiger charge is 2.39. The Kier molecular flexibility index (Phi) is 7.92. The number of aromatic nitrogens is 1. The highest BCUT2D eigenvalue weighted by molar-refractivity contribution is 8.15. The minimum Gasteiger partial charge on any atom is -0.508 e. The number of thioether (sulfide) groups is 1. The number of phenols is 1. The van der Waals surface area contributed by atoms with Gasteiger partial charge in [-0.15, -0.1) is 11.3 Å². The lowest BCUT2D eigenvalue weighted by atomic mass is 10.2. The number of halogens is 3. The molecule has 39 heavy (non-hydrogen) atoms. The van der Waals surface area contributed by atoms with E-state index in [2.05, 4.69) is 15.3 Å². The van der Waals surface area contributed by atoms with Gasteiger partial charge in [-0.25, -0.2) is 18.8 Å². The van der Waals surface area contributed by atoms with E-state index in [9.17, 15) is 23.5 Å². The van der Waals surface area contributed by atoms with Crippen molar-refractivity contribution in [1.29, 1.82) is 0 Å². The molecule has 0 saturated carbocycles. The third-order valence-electron chi connectivity index (χ3n) is 5.63. The molecule has 0 spiro atoms.